The minimum Gasteiger partial charge on any atom is -0.481 e. The van der Waals surface area contributed by atoms with E-state index in [1.807, 2.05) is 0 Å². The van der Waals surface area contributed by atoms with Gasteiger partial charge in [-0.05, 0) is 0 Å². The fraction of sp³-hybridized carbons (Fsp3) is 0.857. The molecule has 0 aromatic rings. The van der Waals surface area contributed by atoms with Gasteiger partial charge in [0.05, 0.1) is 21.1 Å². The summed E-state index contributed by atoms with van der Waals surface area (Å²) >= 11 is 0. The molecule has 0 heterocycles. The quantitative estimate of drug-likeness (QED) is 0.260. The molecule has 0 aromatic heterocycles. The fourth-order valence-corrected chi connectivity index (χ4v) is 1.23. The molecular weight excluding hydrogens is 208 g/mol. The molecule has 0 fully saturated rings. The van der Waals surface area contributed by atoms with Gasteiger partial charge < -0.3 is 14.7 Å². The Kier molecular flexibility index (Phi) is 3.99. The van der Waals surface area contributed by atoms with Gasteiger partial charge in [-0.25, -0.2) is 0 Å². The number of hydrogen-bond donors (Lipinski definition) is 2. The monoisotopic (exact) mass is 223 g/mol. The van der Waals surface area contributed by atoms with Crippen molar-refractivity contribution in [1.82, 2.24) is 0 Å². The standard InChI is InChI=1S/C7H14N2O6/c1-9(2,3)5-7(12,4-6(10)11)15-8(13)14/h12H,4-5H2,1-3H3/p+1. The maximum Gasteiger partial charge on any atom is 0.308 e. The number of quaternary nitrogens is 1. The van der Waals surface area contributed by atoms with E-state index in [4.69, 9.17) is 5.11 Å². The fourth-order valence-electron chi connectivity index (χ4n) is 1.23. The van der Waals surface area contributed by atoms with Gasteiger partial charge in [0.2, 0.25) is 0 Å². The van der Waals surface area contributed by atoms with Crippen LogP contribution in [0.3, 0.4) is 0 Å². The second-order valence-corrected chi connectivity index (χ2v) is 4.28. The lowest BCUT2D eigenvalue weighted by Gasteiger charge is -2.32. The number of aliphatic carboxylic acids is 1. The summed E-state index contributed by atoms with van der Waals surface area (Å²) in [5.74, 6) is -3.67. The maximum atomic E-state index is 10.4. The van der Waals surface area contributed by atoms with E-state index in [1.54, 1.807) is 21.1 Å². The molecule has 0 aromatic carbocycles. The Hall–Kier alpha value is -1.41. The minimum atomic E-state index is -2.30. The Morgan fingerprint density at radius 2 is 2.00 bits per heavy atom. The van der Waals surface area contributed by atoms with Gasteiger partial charge in [-0.2, -0.15) is 0 Å². The van der Waals surface area contributed by atoms with Gasteiger partial charge in [0.25, 0.3) is 10.9 Å². The first kappa shape index (κ1) is 13.6. The lowest BCUT2D eigenvalue weighted by molar-refractivity contribution is -0.900. The van der Waals surface area contributed by atoms with Crippen LogP contribution in [0.5, 0.6) is 0 Å². The zero-order valence-corrected chi connectivity index (χ0v) is 8.84. The third-order valence-corrected chi connectivity index (χ3v) is 1.39. The third-order valence-electron chi connectivity index (χ3n) is 1.39. The highest BCUT2D eigenvalue weighted by atomic mass is 17.0. The number of hydrogen-bond acceptors (Lipinski definition) is 5. The molecule has 0 saturated heterocycles. The molecule has 8 heteroatoms. The van der Waals surface area contributed by atoms with Crippen LogP contribution in [0.25, 0.3) is 0 Å². The maximum absolute atomic E-state index is 10.4. The van der Waals surface area contributed by atoms with E-state index in [2.05, 4.69) is 4.84 Å². The summed E-state index contributed by atoms with van der Waals surface area (Å²) in [6.07, 6.45) is -0.844. The average Bonchev–Trinajstić information content (AvgIpc) is 1.73. The molecule has 0 aliphatic rings. The third kappa shape index (κ3) is 6.63. The predicted octanol–water partition coefficient (Wildman–Crippen LogP) is -0.936. The van der Waals surface area contributed by atoms with Crippen LogP contribution in [0, 0.1) is 10.1 Å². The zero-order chi connectivity index (χ0) is 12.3. The van der Waals surface area contributed by atoms with Gasteiger partial charge in [-0.15, -0.1) is 10.1 Å². The van der Waals surface area contributed by atoms with E-state index in [1.165, 1.54) is 0 Å². The summed E-state index contributed by atoms with van der Waals surface area (Å²) < 4.78 is 0.137. The molecule has 0 amide bonds. The summed E-state index contributed by atoms with van der Waals surface area (Å²) in [6, 6.07) is 0. The van der Waals surface area contributed by atoms with E-state index in [0.717, 1.165) is 0 Å². The van der Waals surface area contributed by atoms with Gasteiger partial charge in [0.15, 0.2) is 0 Å². The molecule has 0 radical (unpaired) electrons. The Morgan fingerprint density at radius 1 is 1.53 bits per heavy atom. The highest BCUT2D eigenvalue weighted by Crippen LogP contribution is 2.16. The van der Waals surface area contributed by atoms with Crippen molar-refractivity contribution in [2.75, 3.05) is 27.7 Å². The van der Waals surface area contributed by atoms with Crippen molar-refractivity contribution in [1.29, 1.82) is 0 Å². The van der Waals surface area contributed by atoms with Gasteiger partial charge in [0.1, 0.15) is 13.0 Å². The van der Waals surface area contributed by atoms with Crippen molar-refractivity contribution in [3.63, 3.8) is 0 Å². The summed E-state index contributed by atoms with van der Waals surface area (Å²) in [5, 5.41) is 27.0. The molecule has 8 nitrogen and oxygen atoms in total. The molecule has 0 aliphatic heterocycles. The van der Waals surface area contributed by atoms with Crippen LogP contribution in [0.1, 0.15) is 6.42 Å². The largest absolute Gasteiger partial charge is 0.481 e. The number of rotatable bonds is 6. The lowest BCUT2D eigenvalue weighted by atomic mass is 10.1. The van der Waals surface area contributed by atoms with Gasteiger partial charge >= 0.3 is 5.97 Å². The number of nitrogens with zero attached hydrogens (tertiary/aromatic N) is 2. The van der Waals surface area contributed by atoms with Crippen molar-refractivity contribution >= 4 is 5.97 Å². The molecule has 2 N–H and O–H groups in total. The number of aliphatic hydroxyl groups is 1. The highest BCUT2D eigenvalue weighted by molar-refractivity contribution is 5.67. The molecule has 1 atom stereocenters. The first-order chi connectivity index (χ1) is 6.54. The summed E-state index contributed by atoms with van der Waals surface area (Å²) in [5.41, 5.74) is 0. The molecular formula is C7H15N2O6+. The molecule has 15 heavy (non-hydrogen) atoms. The van der Waals surface area contributed by atoms with Crippen LogP contribution in [-0.4, -0.2) is 59.2 Å². The van der Waals surface area contributed by atoms with Crippen LogP contribution < -0.4 is 0 Å². The predicted molar refractivity (Wildman–Crippen MR) is 48.2 cm³/mol. The first-order valence-corrected chi connectivity index (χ1v) is 4.12. The second-order valence-electron chi connectivity index (χ2n) is 4.28. The normalized spacial score (nSPS) is 15.5. The minimum absolute atomic E-state index is 0.137. The van der Waals surface area contributed by atoms with Crippen LogP contribution in [0.15, 0.2) is 0 Å². The number of carbonyl (C=O) groups is 1. The Labute approximate surface area is 86.4 Å². The van der Waals surface area contributed by atoms with Gasteiger partial charge in [-0.3, -0.25) is 9.63 Å². The number of carboxylic acids is 1. The molecule has 1 unspecified atom stereocenters. The van der Waals surface area contributed by atoms with Gasteiger partial charge in [0, 0.05) is 0 Å². The lowest BCUT2D eigenvalue weighted by Crippen LogP contribution is -2.52. The molecule has 88 valence electrons. The first-order valence-electron chi connectivity index (χ1n) is 4.12. The molecule has 0 aliphatic carbocycles. The number of likely N-dealkylation sites (N-methyl/N-ethyl adjacent to an activating group) is 1. The van der Waals surface area contributed by atoms with E-state index in [-0.39, 0.29) is 11.0 Å². The van der Waals surface area contributed by atoms with Crippen molar-refractivity contribution in [3.05, 3.63) is 10.1 Å². The smallest absolute Gasteiger partial charge is 0.308 e. The summed E-state index contributed by atoms with van der Waals surface area (Å²) in [4.78, 5) is 24.5. The molecule has 0 bridgehead atoms. The summed E-state index contributed by atoms with van der Waals surface area (Å²) in [6.45, 7) is -0.208. The van der Waals surface area contributed by atoms with Crippen LogP contribution in [-0.2, 0) is 9.63 Å². The Bertz CT molecular complexity index is 243. The Morgan fingerprint density at radius 3 is 2.27 bits per heavy atom. The van der Waals surface area contributed by atoms with Crippen molar-refractivity contribution < 1.29 is 29.4 Å². The molecule has 0 rings (SSSR count). The van der Waals surface area contributed by atoms with E-state index >= 15 is 0 Å². The van der Waals surface area contributed by atoms with E-state index < -0.39 is 23.3 Å². The molecule has 0 saturated carbocycles. The summed E-state index contributed by atoms with van der Waals surface area (Å²) in [7, 11) is 4.95. The van der Waals surface area contributed by atoms with E-state index in [9.17, 15) is 20.0 Å². The topological polar surface area (TPSA) is 110 Å². The SMILES string of the molecule is C[N+](C)(C)CC(O)(CC(=O)O)O[N+](=O)[O-]. The van der Waals surface area contributed by atoms with E-state index in [0.29, 0.717) is 0 Å². The van der Waals surface area contributed by atoms with Gasteiger partial charge in [-0.1, -0.05) is 0 Å². The second kappa shape index (κ2) is 4.41. The van der Waals surface area contributed by atoms with Crippen molar-refractivity contribution in [3.8, 4) is 0 Å². The van der Waals surface area contributed by atoms with Crippen LogP contribution in [0.2, 0.25) is 0 Å². The zero-order valence-electron chi connectivity index (χ0n) is 8.84. The van der Waals surface area contributed by atoms with Crippen LogP contribution in [0.4, 0.5) is 0 Å². The average molecular weight is 223 g/mol. The van der Waals surface area contributed by atoms with Crippen LogP contribution >= 0.6 is 0 Å². The highest BCUT2D eigenvalue weighted by Gasteiger charge is 2.40. The number of carboxylic acid groups (broad SMARTS) is 1. The van der Waals surface area contributed by atoms with Crippen molar-refractivity contribution in [2.24, 2.45) is 0 Å². The molecule has 0 spiro atoms. The Balaban J connectivity index is 4.69. The van der Waals surface area contributed by atoms with Crippen molar-refractivity contribution in [2.45, 2.75) is 12.2 Å².